The number of ketones is 1. The summed E-state index contributed by atoms with van der Waals surface area (Å²) in [7, 11) is 1.23. The van der Waals surface area contributed by atoms with Crippen molar-refractivity contribution < 1.29 is 28.6 Å². The fraction of sp³-hybridized carbons (Fsp3) is 0.182. The number of aryl methyl sites for hydroxylation is 1. The second-order valence-electron chi connectivity index (χ2n) is 3.11. The lowest BCUT2D eigenvalue weighted by Crippen LogP contribution is -2.08. The molecule has 0 amide bonds. The van der Waals surface area contributed by atoms with E-state index in [9.17, 15) is 14.4 Å². The van der Waals surface area contributed by atoms with Crippen LogP contribution >= 0.6 is 0 Å². The van der Waals surface area contributed by atoms with Gasteiger partial charge in [0.15, 0.2) is 0 Å². The molecule has 0 atom stereocenters. The summed E-state index contributed by atoms with van der Waals surface area (Å²) in [6, 6.07) is 1.37. The molecule has 0 aliphatic carbocycles. The highest BCUT2D eigenvalue weighted by Crippen LogP contribution is 2.16. The van der Waals surface area contributed by atoms with E-state index in [0.717, 1.165) is 6.08 Å². The maximum atomic E-state index is 11.2. The van der Waals surface area contributed by atoms with Gasteiger partial charge in [-0.2, -0.15) is 0 Å². The highest BCUT2D eigenvalue weighted by Gasteiger charge is 2.14. The van der Waals surface area contributed by atoms with Crippen LogP contribution in [0.5, 0.6) is 0 Å². The van der Waals surface area contributed by atoms with Gasteiger partial charge in [-0.15, -0.1) is 0 Å². The minimum absolute atomic E-state index is 0.206. The molecule has 6 nitrogen and oxygen atoms in total. The molecule has 0 unspecified atom stereocenters. The van der Waals surface area contributed by atoms with E-state index in [1.807, 2.05) is 0 Å². The lowest BCUT2D eigenvalue weighted by Gasteiger charge is -1.93. The van der Waals surface area contributed by atoms with Crippen molar-refractivity contribution in [2.45, 2.75) is 6.92 Å². The first-order valence-electron chi connectivity index (χ1n) is 4.59. The molecule has 0 spiro atoms. The smallest absolute Gasteiger partial charge is 0.376 e. The minimum Gasteiger partial charge on any atom is -0.475 e. The van der Waals surface area contributed by atoms with Crippen LogP contribution in [0.15, 0.2) is 16.6 Å². The van der Waals surface area contributed by atoms with E-state index in [1.165, 1.54) is 19.3 Å². The second-order valence-corrected chi connectivity index (χ2v) is 3.11. The number of aliphatic carboxylic acids is 1. The molecule has 1 aromatic rings. The van der Waals surface area contributed by atoms with Crippen molar-refractivity contribution in [2.24, 2.45) is 0 Å². The van der Waals surface area contributed by atoms with E-state index in [0.29, 0.717) is 5.76 Å². The van der Waals surface area contributed by atoms with Gasteiger partial charge in [-0.3, -0.25) is 4.79 Å². The number of carboxylic acids is 1. The van der Waals surface area contributed by atoms with Crippen molar-refractivity contribution >= 4 is 23.8 Å². The van der Waals surface area contributed by atoms with Crippen LogP contribution in [0.2, 0.25) is 0 Å². The predicted octanol–water partition coefficient (Wildman–Crippen LogP) is 1.04. The molecule has 1 heterocycles. The van der Waals surface area contributed by atoms with Gasteiger partial charge in [0, 0.05) is 0 Å². The molecule has 0 aliphatic rings. The summed E-state index contributed by atoms with van der Waals surface area (Å²) >= 11 is 0. The average molecular weight is 238 g/mol. The number of hydrogen-bond donors (Lipinski definition) is 1. The van der Waals surface area contributed by atoms with Gasteiger partial charge in [0.05, 0.1) is 7.11 Å². The first-order valence-corrected chi connectivity index (χ1v) is 4.59. The third kappa shape index (κ3) is 3.04. The molecule has 17 heavy (non-hydrogen) atoms. The summed E-state index contributed by atoms with van der Waals surface area (Å²) in [6.45, 7) is 1.56. The molecular weight excluding hydrogens is 228 g/mol. The van der Waals surface area contributed by atoms with Gasteiger partial charge in [0.1, 0.15) is 17.1 Å². The van der Waals surface area contributed by atoms with E-state index in [4.69, 9.17) is 9.52 Å². The maximum absolute atomic E-state index is 11.2. The summed E-state index contributed by atoms with van der Waals surface area (Å²) in [5.74, 6) is -2.65. The van der Waals surface area contributed by atoms with Crippen molar-refractivity contribution in [1.29, 1.82) is 0 Å². The van der Waals surface area contributed by atoms with Crippen molar-refractivity contribution in [3.8, 4) is 0 Å². The Hall–Kier alpha value is -2.37. The maximum Gasteiger partial charge on any atom is 0.376 e. The Balaban J connectivity index is 2.91. The van der Waals surface area contributed by atoms with Gasteiger partial charge in [0.2, 0.25) is 0 Å². The lowest BCUT2D eigenvalue weighted by molar-refractivity contribution is -0.146. The fourth-order valence-electron chi connectivity index (χ4n) is 1.13. The summed E-state index contributed by atoms with van der Waals surface area (Å²) < 4.78 is 9.65. The van der Waals surface area contributed by atoms with Gasteiger partial charge in [-0.05, 0) is 25.1 Å². The van der Waals surface area contributed by atoms with Crippen LogP contribution in [0.25, 0.3) is 6.08 Å². The first-order chi connectivity index (χ1) is 7.95. The number of rotatable bonds is 4. The monoisotopic (exact) mass is 238 g/mol. The van der Waals surface area contributed by atoms with Crippen molar-refractivity contribution in [2.75, 3.05) is 7.11 Å². The Kier molecular flexibility index (Phi) is 3.82. The molecule has 0 aromatic carbocycles. The largest absolute Gasteiger partial charge is 0.475 e. The summed E-state index contributed by atoms with van der Waals surface area (Å²) in [6.07, 6.45) is 2.03. The summed E-state index contributed by atoms with van der Waals surface area (Å²) in [4.78, 5) is 32.2. The van der Waals surface area contributed by atoms with Crippen LogP contribution in [-0.4, -0.2) is 29.9 Å². The Bertz CT molecular complexity index is 494. The predicted molar refractivity (Wildman–Crippen MR) is 56.5 cm³/mol. The molecular formula is C11H10O6. The summed E-state index contributed by atoms with van der Waals surface area (Å²) in [5, 5.41) is 8.34. The van der Waals surface area contributed by atoms with Gasteiger partial charge >= 0.3 is 11.9 Å². The van der Waals surface area contributed by atoms with Crippen molar-refractivity contribution in [3.63, 3.8) is 0 Å². The van der Waals surface area contributed by atoms with Gasteiger partial charge < -0.3 is 14.3 Å². The number of methoxy groups -OCH3 is 1. The quantitative estimate of drug-likeness (QED) is 0.478. The molecule has 0 saturated heterocycles. The Morgan fingerprint density at radius 3 is 2.59 bits per heavy atom. The lowest BCUT2D eigenvalue weighted by atomic mass is 10.2. The molecule has 0 radical (unpaired) electrons. The van der Waals surface area contributed by atoms with E-state index in [-0.39, 0.29) is 11.3 Å². The van der Waals surface area contributed by atoms with Crippen LogP contribution in [0.3, 0.4) is 0 Å². The zero-order chi connectivity index (χ0) is 13.0. The topological polar surface area (TPSA) is 93.8 Å². The van der Waals surface area contributed by atoms with Crippen LogP contribution in [0.1, 0.15) is 21.9 Å². The molecule has 1 rings (SSSR count). The van der Waals surface area contributed by atoms with Gasteiger partial charge in [-0.25, -0.2) is 9.59 Å². The molecule has 90 valence electrons. The summed E-state index contributed by atoms with van der Waals surface area (Å²) in [5.41, 5.74) is 0.231. The standard InChI is InChI=1S/C11H10O6/c1-6-8(11(15)16-2)5-7(17-6)3-4-9(12)10(13)14/h3-5H,1-2H3,(H,13,14)/b4-3+. The number of hydrogen-bond acceptors (Lipinski definition) is 5. The number of carbonyl (C=O) groups excluding carboxylic acids is 2. The number of carbonyl (C=O) groups is 3. The number of carboxylic acid groups (broad SMARTS) is 1. The number of esters is 1. The molecule has 0 aliphatic heterocycles. The molecule has 0 bridgehead atoms. The zero-order valence-electron chi connectivity index (χ0n) is 9.22. The second kappa shape index (κ2) is 5.11. The highest BCUT2D eigenvalue weighted by molar-refractivity contribution is 6.38. The number of ether oxygens (including phenoxy) is 1. The molecule has 6 heteroatoms. The van der Waals surface area contributed by atoms with Crippen LogP contribution in [0, 0.1) is 6.92 Å². The molecule has 0 fully saturated rings. The zero-order valence-corrected chi connectivity index (χ0v) is 9.22. The average Bonchev–Trinajstić information content (AvgIpc) is 2.66. The first kappa shape index (κ1) is 12.7. The SMILES string of the molecule is COC(=O)c1cc(/C=C/C(=O)C(=O)O)oc1C. The van der Waals surface area contributed by atoms with Crippen LogP contribution in [-0.2, 0) is 14.3 Å². The number of furan rings is 1. The van der Waals surface area contributed by atoms with Crippen LogP contribution in [0.4, 0.5) is 0 Å². The van der Waals surface area contributed by atoms with Gasteiger partial charge in [0.25, 0.3) is 5.78 Å². The Labute approximate surface area is 96.5 Å². The van der Waals surface area contributed by atoms with E-state index in [2.05, 4.69) is 4.74 Å². The van der Waals surface area contributed by atoms with E-state index < -0.39 is 17.7 Å². The van der Waals surface area contributed by atoms with Crippen molar-refractivity contribution in [1.82, 2.24) is 0 Å². The minimum atomic E-state index is -1.56. The normalized spacial score (nSPS) is 10.5. The Morgan fingerprint density at radius 2 is 2.06 bits per heavy atom. The fourth-order valence-corrected chi connectivity index (χ4v) is 1.13. The highest BCUT2D eigenvalue weighted by atomic mass is 16.5. The van der Waals surface area contributed by atoms with E-state index in [1.54, 1.807) is 6.92 Å². The van der Waals surface area contributed by atoms with Crippen LogP contribution < -0.4 is 0 Å². The third-order valence-electron chi connectivity index (χ3n) is 1.95. The van der Waals surface area contributed by atoms with E-state index >= 15 is 0 Å². The molecule has 1 N–H and O–H groups in total. The molecule has 1 aromatic heterocycles. The third-order valence-corrected chi connectivity index (χ3v) is 1.95. The van der Waals surface area contributed by atoms with Gasteiger partial charge in [-0.1, -0.05) is 0 Å². The Morgan fingerprint density at radius 1 is 1.41 bits per heavy atom. The molecule has 0 saturated carbocycles. The van der Waals surface area contributed by atoms with Crippen molar-refractivity contribution in [3.05, 3.63) is 29.2 Å².